The second-order valence-electron chi connectivity index (χ2n) is 5.94. The second kappa shape index (κ2) is 6.20. The van der Waals surface area contributed by atoms with E-state index >= 15 is 0 Å². The van der Waals surface area contributed by atoms with E-state index in [2.05, 4.69) is 10.1 Å². The van der Waals surface area contributed by atoms with Crippen LogP contribution in [0.25, 0.3) is 10.6 Å². The fourth-order valence-electron chi connectivity index (χ4n) is 3.18. The van der Waals surface area contributed by atoms with Gasteiger partial charge >= 0.3 is 0 Å². The molecule has 122 valence electrons. The van der Waals surface area contributed by atoms with Crippen molar-refractivity contribution in [3.63, 3.8) is 0 Å². The maximum Gasteiger partial charge on any atom is 0.254 e. The lowest BCUT2D eigenvalue weighted by Crippen LogP contribution is -2.30. The number of aromatic nitrogens is 2. The van der Waals surface area contributed by atoms with Crippen molar-refractivity contribution >= 4 is 17.2 Å². The van der Waals surface area contributed by atoms with Crippen molar-refractivity contribution in [3.05, 3.63) is 58.9 Å². The number of hydrogen-bond acceptors (Lipinski definition) is 5. The summed E-state index contributed by atoms with van der Waals surface area (Å²) in [5, 5.41) is 6.97. The molecular weight excluding hydrogens is 322 g/mol. The summed E-state index contributed by atoms with van der Waals surface area (Å²) in [5.74, 6) is 0.812. The first kappa shape index (κ1) is 15.1. The van der Waals surface area contributed by atoms with Gasteiger partial charge in [0.15, 0.2) is 0 Å². The number of aryl methyl sites for hydroxylation is 1. The van der Waals surface area contributed by atoms with E-state index in [1.165, 1.54) is 0 Å². The lowest BCUT2D eigenvalue weighted by Gasteiger charge is -2.23. The summed E-state index contributed by atoms with van der Waals surface area (Å²) in [5.41, 5.74) is 2.51. The zero-order chi connectivity index (χ0) is 16.5. The molecule has 1 aromatic carbocycles. The van der Waals surface area contributed by atoms with Crippen molar-refractivity contribution in [1.82, 2.24) is 15.0 Å². The lowest BCUT2D eigenvalue weighted by atomic mass is 10.1. The molecule has 2 aromatic heterocycles. The fraction of sp³-hybridized carbons (Fsp3) is 0.278. The minimum Gasteiger partial charge on any atom is -0.361 e. The van der Waals surface area contributed by atoms with Gasteiger partial charge in [0.1, 0.15) is 16.5 Å². The first-order valence-corrected chi connectivity index (χ1v) is 8.84. The van der Waals surface area contributed by atoms with Crippen molar-refractivity contribution in [3.8, 4) is 10.6 Å². The molecule has 3 aromatic rings. The summed E-state index contributed by atoms with van der Waals surface area (Å²) in [6, 6.07) is 9.60. The topological polar surface area (TPSA) is 59.2 Å². The molecule has 0 N–H and O–H groups in total. The van der Waals surface area contributed by atoms with E-state index in [0.717, 1.165) is 41.4 Å². The summed E-state index contributed by atoms with van der Waals surface area (Å²) >= 11 is 1.57. The number of carbonyl (C=O) groups is 1. The third-order valence-electron chi connectivity index (χ3n) is 4.29. The molecule has 1 fully saturated rings. The normalized spacial score (nSPS) is 17.4. The molecule has 1 amide bonds. The molecule has 1 atom stereocenters. The van der Waals surface area contributed by atoms with Gasteiger partial charge in [-0.2, -0.15) is 0 Å². The zero-order valence-electron chi connectivity index (χ0n) is 13.3. The Balaban J connectivity index is 1.62. The summed E-state index contributed by atoms with van der Waals surface area (Å²) < 4.78 is 5.18. The smallest absolute Gasteiger partial charge is 0.254 e. The molecule has 4 rings (SSSR count). The Morgan fingerprint density at radius 2 is 2.29 bits per heavy atom. The molecule has 0 spiro atoms. The first-order chi connectivity index (χ1) is 11.7. The number of nitrogens with zero attached hydrogens (tertiary/aromatic N) is 3. The van der Waals surface area contributed by atoms with Crippen molar-refractivity contribution < 1.29 is 9.32 Å². The Morgan fingerprint density at radius 1 is 1.38 bits per heavy atom. The van der Waals surface area contributed by atoms with Gasteiger partial charge in [0, 0.05) is 35.3 Å². The summed E-state index contributed by atoms with van der Waals surface area (Å²) in [4.78, 5) is 19.2. The maximum absolute atomic E-state index is 13.0. The minimum absolute atomic E-state index is 0.00142. The molecular formula is C18H17N3O2S. The molecule has 0 aliphatic carbocycles. The summed E-state index contributed by atoms with van der Waals surface area (Å²) in [6.07, 6.45) is 3.68. The van der Waals surface area contributed by atoms with Crippen LogP contribution in [0.2, 0.25) is 0 Å². The standard InChI is InChI=1S/C18H17N3O2S/c1-12-10-15(20-23-12)16-6-3-8-21(16)18(22)14-5-2-4-13(11-14)17-19-7-9-24-17/h2,4-5,7,9-11,16H,3,6,8H2,1H3. The highest BCUT2D eigenvalue weighted by molar-refractivity contribution is 7.13. The molecule has 6 heteroatoms. The number of benzene rings is 1. The third kappa shape index (κ3) is 2.73. The molecule has 3 heterocycles. The Labute approximate surface area is 143 Å². The number of hydrogen-bond donors (Lipinski definition) is 0. The van der Waals surface area contributed by atoms with Crippen LogP contribution in [-0.4, -0.2) is 27.5 Å². The van der Waals surface area contributed by atoms with Gasteiger partial charge in [-0.05, 0) is 31.9 Å². The zero-order valence-corrected chi connectivity index (χ0v) is 14.1. The van der Waals surface area contributed by atoms with E-state index in [1.807, 2.05) is 47.5 Å². The molecule has 0 saturated carbocycles. The van der Waals surface area contributed by atoms with Gasteiger partial charge in [0.05, 0.1) is 6.04 Å². The quantitative estimate of drug-likeness (QED) is 0.721. The van der Waals surface area contributed by atoms with Crippen molar-refractivity contribution in [2.24, 2.45) is 0 Å². The molecule has 24 heavy (non-hydrogen) atoms. The number of thiazole rings is 1. The minimum atomic E-state index is -0.00142. The molecule has 1 saturated heterocycles. The van der Waals surface area contributed by atoms with Gasteiger partial charge in [0.2, 0.25) is 0 Å². The number of rotatable bonds is 3. The molecule has 1 unspecified atom stereocenters. The maximum atomic E-state index is 13.0. The van der Waals surface area contributed by atoms with E-state index in [-0.39, 0.29) is 11.9 Å². The van der Waals surface area contributed by atoms with Crippen LogP contribution in [0.15, 0.2) is 46.4 Å². The van der Waals surface area contributed by atoms with Crippen LogP contribution in [0.4, 0.5) is 0 Å². The predicted octanol–water partition coefficient (Wildman–Crippen LogP) is 4.08. The van der Waals surface area contributed by atoms with Crippen LogP contribution in [0.1, 0.15) is 40.7 Å². The second-order valence-corrected chi connectivity index (χ2v) is 6.83. The SMILES string of the molecule is Cc1cc(C2CCCN2C(=O)c2cccc(-c3nccs3)c2)no1. The van der Waals surface area contributed by atoms with Gasteiger partial charge in [-0.3, -0.25) is 4.79 Å². The summed E-state index contributed by atoms with van der Waals surface area (Å²) in [6.45, 7) is 2.62. The van der Waals surface area contributed by atoms with Gasteiger partial charge in [-0.25, -0.2) is 4.98 Å². The molecule has 0 radical (unpaired) electrons. The average molecular weight is 339 g/mol. The van der Waals surface area contributed by atoms with E-state index in [1.54, 1.807) is 17.5 Å². The van der Waals surface area contributed by atoms with Crippen LogP contribution in [-0.2, 0) is 0 Å². The van der Waals surface area contributed by atoms with Crippen molar-refractivity contribution in [1.29, 1.82) is 0 Å². The summed E-state index contributed by atoms with van der Waals surface area (Å²) in [7, 11) is 0. The van der Waals surface area contributed by atoms with Crippen molar-refractivity contribution in [2.75, 3.05) is 6.54 Å². The average Bonchev–Trinajstić information content (AvgIpc) is 3.35. The molecule has 0 bridgehead atoms. The Kier molecular flexibility index (Phi) is 3.90. The number of amides is 1. The third-order valence-corrected chi connectivity index (χ3v) is 5.11. The highest BCUT2D eigenvalue weighted by atomic mass is 32.1. The molecule has 1 aliphatic rings. The van der Waals surface area contributed by atoms with Gasteiger partial charge in [-0.1, -0.05) is 17.3 Å². The monoisotopic (exact) mass is 339 g/mol. The predicted molar refractivity (Wildman–Crippen MR) is 91.8 cm³/mol. The van der Waals surface area contributed by atoms with Crippen LogP contribution in [0.3, 0.4) is 0 Å². The van der Waals surface area contributed by atoms with Crippen molar-refractivity contribution in [2.45, 2.75) is 25.8 Å². The highest BCUT2D eigenvalue weighted by Crippen LogP contribution is 2.33. The van der Waals surface area contributed by atoms with Gasteiger partial charge in [-0.15, -0.1) is 11.3 Å². The molecule has 5 nitrogen and oxygen atoms in total. The Hall–Kier alpha value is -2.47. The van der Waals surface area contributed by atoms with Gasteiger partial charge < -0.3 is 9.42 Å². The van der Waals surface area contributed by atoms with Crippen LogP contribution in [0.5, 0.6) is 0 Å². The van der Waals surface area contributed by atoms with Crippen LogP contribution >= 0.6 is 11.3 Å². The Morgan fingerprint density at radius 3 is 3.04 bits per heavy atom. The van der Waals surface area contributed by atoms with E-state index < -0.39 is 0 Å². The number of carbonyl (C=O) groups excluding carboxylic acids is 1. The highest BCUT2D eigenvalue weighted by Gasteiger charge is 2.32. The van der Waals surface area contributed by atoms with Crippen LogP contribution in [0, 0.1) is 6.92 Å². The van der Waals surface area contributed by atoms with E-state index in [4.69, 9.17) is 4.52 Å². The van der Waals surface area contributed by atoms with E-state index in [9.17, 15) is 4.79 Å². The van der Waals surface area contributed by atoms with E-state index in [0.29, 0.717) is 5.56 Å². The van der Waals surface area contributed by atoms with Gasteiger partial charge in [0.25, 0.3) is 5.91 Å². The fourth-order valence-corrected chi connectivity index (χ4v) is 3.81. The Bertz CT molecular complexity index is 857. The largest absolute Gasteiger partial charge is 0.361 e. The lowest BCUT2D eigenvalue weighted by molar-refractivity contribution is 0.0731. The van der Waals surface area contributed by atoms with Crippen LogP contribution < -0.4 is 0 Å². The molecule has 1 aliphatic heterocycles. The number of likely N-dealkylation sites (tertiary alicyclic amines) is 1. The first-order valence-electron chi connectivity index (χ1n) is 7.96.